The number of nitrogens with one attached hydrogen (secondary N) is 3. The van der Waals surface area contributed by atoms with Crippen molar-refractivity contribution < 1.29 is 14.4 Å². The highest BCUT2D eigenvalue weighted by molar-refractivity contribution is 6.16. The first kappa shape index (κ1) is 27.6. The normalized spacial score (nSPS) is 10.9. The minimum atomic E-state index is -0.439. The van der Waals surface area contributed by atoms with Crippen molar-refractivity contribution in [3.05, 3.63) is 162 Å². The van der Waals surface area contributed by atoms with Gasteiger partial charge >= 0.3 is 0 Å². The molecule has 0 aliphatic heterocycles. The number of hydrogen-bond donors (Lipinski definition) is 3. The van der Waals surface area contributed by atoms with Gasteiger partial charge in [-0.05, 0) is 52.6 Å². The summed E-state index contributed by atoms with van der Waals surface area (Å²) in [4.78, 5) is 41.1. The molecule has 0 unspecified atom stereocenters. The van der Waals surface area contributed by atoms with Crippen LogP contribution in [0.4, 0.5) is 17.1 Å². The molecule has 7 aromatic carbocycles. The molecule has 216 valence electrons. The highest BCUT2D eigenvalue weighted by atomic mass is 16.2. The SMILES string of the molecule is O=C(Nc1cccc2ccccc12)c1cc(C(=O)Nc2cccc3ccccc23)cc(C(=O)Nc2cccc3ccccc23)c1. The zero-order valence-electron chi connectivity index (χ0n) is 24.1. The highest BCUT2D eigenvalue weighted by Gasteiger charge is 2.19. The van der Waals surface area contributed by atoms with Crippen molar-refractivity contribution in [1.82, 2.24) is 0 Å². The first-order valence-electron chi connectivity index (χ1n) is 14.6. The highest BCUT2D eigenvalue weighted by Crippen LogP contribution is 2.27. The van der Waals surface area contributed by atoms with E-state index in [4.69, 9.17) is 0 Å². The molecule has 0 aliphatic rings. The molecule has 0 bridgehead atoms. The number of carbonyl (C=O) groups is 3. The van der Waals surface area contributed by atoms with E-state index < -0.39 is 17.7 Å². The summed E-state index contributed by atoms with van der Waals surface area (Å²) in [5.41, 5.74) is 2.42. The van der Waals surface area contributed by atoms with Crippen molar-refractivity contribution in [3.63, 3.8) is 0 Å². The summed E-state index contributed by atoms with van der Waals surface area (Å²) in [6.45, 7) is 0. The largest absolute Gasteiger partial charge is 0.321 e. The number of rotatable bonds is 6. The molecule has 0 aliphatic carbocycles. The average molecular weight is 586 g/mol. The molecule has 3 amide bonds. The zero-order valence-corrected chi connectivity index (χ0v) is 24.1. The molecule has 0 heterocycles. The van der Waals surface area contributed by atoms with E-state index in [1.54, 1.807) is 0 Å². The maximum Gasteiger partial charge on any atom is 0.255 e. The smallest absolute Gasteiger partial charge is 0.255 e. The fraction of sp³-hybridized carbons (Fsp3) is 0. The van der Waals surface area contributed by atoms with E-state index in [2.05, 4.69) is 16.0 Å². The maximum atomic E-state index is 13.7. The van der Waals surface area contributed by atoms with E-state index in [9.17, 15) is 14.4 Å². The fourth-order valence-electron chi connectivity index (χ4n) is 5.61. The molecule has 0 aromatic heterocycles. The van der Waals surface area contributed by atoms with Crippen LogP contribution in [0, 0.1) is 0 Å². The Morgan fingerprint density at radius 1 is 0.333 bits per heavy atom. The summed E-state index contributed by atoms with van der Waals surface area (Å²) >= 11 is 0. The summed E-state index contributed by atoms with van der Waals surface area (Å²) in [5.74, 6) is -1.32. The fourth-order valence-corrected chi connectivity index (χ4v) is 5.61. The number of hydrogen-bond acceptors (Lipinski definition) is 3. The average Bonchev–Trinajstić information content (AvgIpc) is 3.08. The quantitative estimate of drug-likeness (QED) is 0.182. The molecule has 7 rings (SSSR count). The monoisotopic (exact) mass is 585 g/mol. The van der Waals surface area contributed by atoms with Gasteiger partial charge in [0, 0.05) is 49.9 Å². The molecule has 0 atom stereocenters. The number of anilines is 3. The molecule has 45 heavy (non-hydrogen) atoms. The van der Waals surface area contributed by atoms with Gasteiger partial charge in [0.2, 0.25) is 0 Å². The molecule has 0 saturated heterocycles. The standard InChI is InChI=1S/C39H27N3O3/c43-37(40-34-19-7-13-25-10-1-4-16-31(25)34)28-22-29(38(44)41-35-20-8-14-26-11-2-5-17-32(26)35)24-30(23-28)39(45)42-36-21-9-15-27-12-3-6-18-33(27)36/h1-24H,(H,40,43)(H,41,44)(H,42,45). The van der Waals surface area contributed by atoms with E-state index in [0.717, 1.165) is 32.3 Å². The number of amides is 3. The molecule has 0 spiro atoms. The summed E-state index contributed by atoms with van der Waals surface area (Å²) in [5, 5.41) is 14.5. The van der Waals surface area contributed by atoms with Crippen LogP contribution in [0.15, 0.2) is 146 Å². The summed E-state index contributed by atoms with van der Waals surface area (Å²) < 4.78 is 0. The topological polar surface area (TPSA) is 87.3 Å². The van der Waals surface area contributed by atoms with E-state index in [-0.39, 0.29) is 16.7 Å². The molecular weight excluding hydrogens is 558 g/mol. The first-order chi connectivity index (χ1) is 22.0. The second kappa shape index (κ2) is 11.8. The van der Waals surface area contributed by atoms with E-state index >= 15 is 0 Å². The van der Waals surface area contributed by atoms with Gasteiger partial charge < -0.3 is 16.0 Å². The summed E-state index contributed by atoms with van der Waals surface area (Å²) in [6, 6.07) is 44.8. The maximum absolute atomic E-state index is 13.7. The van der Waals surface area contributed by atoms with Crippen molar-refractivity contribution >= 4 is 67.1 Å². The summed E-state index contributed by atoms with van der Waals surface area (Å²) in [6.07, 6.45) is 0. The lowest BCUT2D eigenvalue weighted by molar-refractivity contribution is 0.102. The molecule has 3 N–H and O–H groups in total. The second-order valence-electron chi connectivity index (χ2n) is 10.7. The van der Waals surface area contributed by atoms with Gasteiger partial charge in [-0.2, -0.15) is 0 Å². The van der Waals surface area contributed by atoms with Crippen molar-refractivity contribution in [3.8, 4) is 0 Å². The van der Waals surface area contributed by atoms with Crippen molar-refractivity contribution in [1.29, 1.82) is 0 Å². The van der Waals surface area contributed by atoms with Gasteiger partial charge in [-0.3, -0.25) is 14.4 Å². The minimum Gasteiger partial charge on any atom is -0.321 e. The Hall–Kier alpha value is -6.27. The molecular formula is C39H27N3O3. The third-order valence-electron chi connectivity index (χ3n) is 7.83. The third-order valence-corrected chi connectivity index (χ3v) is 7.83. The Morgan fingerprint density at radius 3 is 0.911 bits per heavy atom. The van der Waals surface area contributed by atoms with Crippen LogP contribution < -0.4 is 16.0 Å². The molecule has 0 fully saturated rings. The lowest BCUT2D eigenvalue weighted by atomic mass is 10.0. The minimum absolute atomic E-state index is 0.177. The van der Waals surface area contributed by atoms with Crippen LogP contribution in [0.1, 0.15) is 31.1 Å². The molecule has 6 nitrogen and oxygen atoms in total. The van der Waals surface area contributed by atoms with Gasteiger partial charge in [0.15, 0.2) is 0 Å². The van der Waals surface area contributed by atoms with Crippen molar-refractivity contribution in [2.75, 3.05) is 16.0 Å². The Kier molecular flexibility index (Phi) is 7.21. The van der Waals surface area contributed by atoms with Gasteiger partial charge in [-0.15, -0.1) is 0 Å². The predicted molar refractivity (Wildman–Crippen MR) is 182 cm³/mol. The van der Waals surface area contributed by atoms with Gasteiger partial charge in [0.05, 0.1) is 0 Å². The lowest BCUT2D eigenvalue weighted by Gasteiger charge is -2.14. The molecule has 6 heteroatoms. The Balaban J connectivity index is 1.26. The van der Waals surface area contributed by atoms with Gasteiger partial charge in [-0.1, -0.05) is 109 Å². The van der Waals surface area contributed by atoms with Crippen LogP contribution in [0.2, 0.25) is 0 Å². The number of fused-ring (bicyclic) bond motifs is 3. The Morgan fingerprint density at radius 2 is 0.600 bits per heavy atom. The Bertz CT molecular complexity index is 1990. The van der Waals surface area contributed by atoms with Crippen LogP contribution >= 0.6 is 0 Å². The molecule has 0 radical (unpaired) electrons. The van der Waals surface area contributed by atoms with Gasteiger partial charge in [0.25, 0.3) is 17.7 Å². The van der Waals surface area contributed by atoms with Crippen molar-refractivity contribution in [2.45, 2.75) is 0 Å². The van der Waals surface area contributed by atoms with Crippen LogP contribution in [-0.2, 0) is 0 Å². The lowest BCUT2D eigenvalue weighted by Crippen LogP contribution is -2.19. The number of benzene rings is 7. The predicted octanol–water partition coefficient (Wildman–Crippen LogP) is 8.90. The van der Waals surface area contributed by atoms with E-state index in [0.29, 0.717) is 17.1 Å². The molecule has 0 saturated carbocycles. The second-order valence-corrected chi connectivity index (χ2v) is 10.7. The van der Waals surface area contributed by atoms with E-state index in [1.807, 2.05) is 127 Å². The van der Waals surface area contributed by atoms with Crippen LogP contribution in [0.3, 0.4) is 0 Å². The van der Waals surface area contributed by atoms with Gasteiger partial charge in [-0.25, -0.2) is 0 Å². The van der Waals surface area contributed by atoms with E-state index in [1.165, 1.54) is 18.2 Å². The Labute approximate surface area is 259 Å². The third kappa shape index (κ3) is 5.60. The van der Waals surface area contributed by atoms with Crippen LogP contribution in [-0.4, -0.2) is 17.7 Å². The van der Waals surface area contributed by atoms with Crippen LogP contribution in [0.25, 0.3) is 32.3 Å². The van der Waals surface area contributed by atoms with Crippen molar-refractivity contribution in [2.24, 2.45) is 0 Å². The number of carbonyl (C=O) groups excluding carboxylic acids is 3. The summed E-state index contributed by atoms with van der Waals surface area (Å²) in [7, 11) is 0. The van der Waals surface area contributed by atoms with Crippen LogP contribution in [0.5, 0.6) is 0 Å². The first-order valence-corrected chi connectivity index (χ1v) is 14.6. The van der Waals surface area contributed by atoms with Gasteiger partial charge in [0.1, 0.15) is 0 Å². The zero-order chi connectivity index (χ0) is 30.8. The molecule has 7 aromatic rings.